The Morgan fingerprint density at radius 1 is 0.474 bits per heavy atom. The van der Waals surface area contributed by atoms with Gasteiger partial charge >= 0.3 is 0 Å². The molecule has 0 aromatic carbocycles. The minimum absolute atomic E-state index is 0.184. The number of hydrogen-bond acceptors (Lipinski definition) is 13. The lowest BCUT2D eigenvalue weighted by atomic mass is 9.97. The second kappa shape index (κ2) is 47.9. The van der Waals surface area contributed by atoms with Gasteiger partial charge in [-0.25, -0.2) is 0 Å². The van der Waals surface area contributed by atoms with Crippen molar-refractivity contribution in [3.63, 3.8) is 0 Å². The number of aliphatic hydroxyl groups is 8. The zero-order valence-electron chi connectivity index (χ0n) is 47.3. The molecule has 78 heavy (non-hydrogen) atoms. The number of unbranched alkanes of at least 4 members (excludes halogenated alkanes) is 11. The molecule has 2 fully saturated rings. The van der Waals surface area contributed by atoms with E-state index in [0.717, 1.165) is 70.6 Å². The minimum Gasteiger partial charge on any atom is -0.394 e. The summed E-state index contributed by atoms with van der Waals surface area (Å²) < 4.78 is 22.7. The average molecular weight is 1090 g/mol. The summed E-state index contributed by atoms with van der Waals surface area (Å²) in [6, 6.07) is -0.972. The summed E-state index contributed by atoms with van der Waals surface area (Å²) in [5.41, 5.74) is 0. The van der Waals surface area contributed by atoms with E-state index >= 15 is 0 Å². The van der Waals surface area contributed by atoms with Crippen molar-refractivity contribution in [2.75, 3.05) is 19.8 Å². The van der Waals surface area contributed by atoms with Crippen molar-refractivity contribution < 1.29 is 64.6 Å². The van der Waals surface area contributed by atoms with Crippen molar-refractivity contribution in [3.8, 4) is 0 Å². The van der Waals surface area contributed by atoms with Crippen LogP contribution in [-0.4, -0.2) is 140 Å². The van der Waals surface area contributed by atoms with Crippen molar-refractivity contribution in [2.45, 2.75) is 242 Å². The standard InChI is InChI=1S/C64H103NO13/c1-3-5-7-9-11-13-15-17-19-20-21-22-23-24-25-26-27-28-29-30-31-32-34-36-38-40-42-44-46-48-56(69)65-52(53(68)47-45-43-41-39-37-35-33-18-16-14-12-10-8-6-4-2)51-75-63-61(74)59(72)62(55(50-67)77-63)78-64-60(73)58(71)57(70)54(49-66)76-64/h5,7,11,13,17,19,21-22,24-25,27-28,30-31,34,36-37,39-40,42,45,47,52-55,57-64,66-68,70-74H,3-4,6,8-10,12,14-16,18,20,23,26,29,32-33,35,38,41,43-44,46,48-51H2,1-2H3,(H,65,69)/b7-5-,13-11-,19-17-,22-21-,25-24-,28-27-,31-30-,36-34-,39-37+,42-40-,47-45+. The molecule has 442 valence electrons. The fourth-order valence-electron chi connectivity index (χ4n) is 8.60. The molecule has 0 bridgehead atoms. The van der Waals surface area contributed by atoms with Gasteiger partial charge in [0.25, 0.3) is 0 Å². The summed E-state index contributed by atoms with van der Waals surface area (Å²) >= 11 is 0. The van der Waals surface area contributed by atoms with Gasteiger partial charge in [-0.3, -0.25) is 4.79 Å². The average Bonchev–Trinajstić information content (AvgIpc) is 3.47. The molecule has 9 N–H and O–H groups in total. The Hall–Kier alpha value is -3.87. The van der Waals surface area contributed by atoms with E-state index in [0.29, 0.717) is 19.3 Å². The minimum atomic E-state index is -1.80. The van der Waals surface area contributed by atoms with E-state index in [1.54, 1.807) is 6.08 Å². The van der Waals surface area contributed by atoms with Crippen molar-refractivity contribution in [1.82, 2.24) is 5.32 Å². The Morgan fingerprint density at radius 2 is 0.897 bits per heavy atom. The van der Waals surface area contributed by atoms with Gasteiger partial charge in [-0.1, -0.05) is 199 Å². The molecule has 2 aliphatic heterocycles. The number of allylic oxidation sites excluding steroid dienone is 21. The van der Waals surface area contributed by atoms with Gasteiger partial charge in [0.15, 0.2) is 12.6 Å². The Labute approximate surface area is 469 Å². The summed E-state index contributed by atoms with van der Waals surface area (Å²) in [6.07, 6.45) is 53.5. The van der Waals surface area contributed by atoms with E-state index < -0.39 is 86.8 Å². The Kier molecular flexibility index (Phi) is 43.1. The molecule has 2 saturated heterocycles. The van der Waals surface area contributed by atoms with Crippen LogP contribution in [0.5, 0.6) is 0 Å². The monoisotopic (exact) mass is 1090 g/mol. The van der Waals surface area contributed by atoms with E-state index in [2.05, 4.69) is 135 Å². The Bertz CT molecular complexity index is 1820. The lowest BCUT2D eigenvalue weighted by molar-refractivity contribution is -0.359. The number of nitrogens with one attached hydrogen (secondary N) is 1. The number of carbonyl (C=O) groups is 1. The molecule has 0 aromatic rings. The van der Waals surface area contributed by atoms with Crippen LogP contribution in [0.2, 0.25) is 0 Å². The summed E-state index contributed by atoms with van der Waals surface area (Å²) in [5, 5.41) is 86.9. The summed E-state index contributed by atoms with van der Waals surface area (Å²) in [7, 11) is 0. The van der Waals surface area contributed by atoms with E-state index in [9.17, 15) is 45.6 Å². The van der Waals surface area contributed by atoms with Gasteiger partial charge in [0, 0.05) is 6.42 Å². The molecule has 2 aliphatic rings. The van der Waals surface area contributed by atoms with Crippen LogP contribution >= 0.6 is 0 Å². The molecule has 0 aliphatic carbocycles. The first-order valence-corrected chi connectivity index (χ1v) is 29.4. The van der Waals surface area contributed by atoms with Gasteiger partial charge in [0.2, 0.25) is 5.91 Å². The summed E-state index contributed by atoms with van der Waals surface area (Å²) in [4.78, 5) is 13.2. The van der Waals surface area contributed by atoms with Crippen LogP contribution in [0.1, 0.15) is 168 Å². The number of carbonyl (C=O) groups excluding carboxylic acids is 1. The van der Waals surface area contributed by atoms with E-state index in [-0.39, 0.29) is 18.9 Å². The van der Waals surface area contributed by atoms with E-state index in [1.165, 1.54) is 57.8 Å². The number of amides is 1. The van der Waals surface area contributed by atoms with Crippen LogP contribution in [0.4, 0.5) is 0 Å². The maximum Gasteiger partial charge on any atom is 0.220 e. The highest BCUT2D eigenvalue weighted by Crippen LogP contribution is 2.30. The SMILES string of the molecule is CC/C=C\C/C=C\C/C=C\C/C=C\C/C=C\C/C=C\C/C=C\C/C=C\C/C=C\CCCC(=O)NC(COC1OC(CO)C(OC2OC(CO)C(O)C(O)C2O)C(O)C1O)C(O)/C=C/CC/C=C/CCCCCCCCCCC. The number of hydrogen-bond donors (Lipinski definition) is 9. The molecular weight excluding hydrogens is 991 g/mol. The van der Waals surface area contributed by atoms with E-state index in [1.807, 2.05) is 12.2 Å². The van der Waals surface area contributed by atoms with Gasteiger partial charge < -0.3 is 65.1 Å². The maximum atomic E-state index is 13.2. The third kappa shape index (κ3) is 33.0. The molecule has 12 atom stereocenters. The third-order valence-electron chi connectivity index (χ3n) is 13.3. The smallest absolute Gasteiger partial charge is 0.220 e. The third-order valence-corrected chi connectivity index (χ3v) is 13.3. The lowest BCUT2D eigenvalue weighted by Gasteiger charge is -2.46. The van der Waals surface area contributed by atoms with Crippen LogP contribution < -0.4 is 5.32 Å². The molecule has 1 amide bonds. The number of aliphatic hydroxyl groups excluding tert-OH is 8. The largest absolute Gasteiger partial charge is 0.394 e. The molecule has 0 spiro atoms. The van der Waals surface area contributed by atoms with Crippen LogP contribution in [0.3, 0.4) is 0 Å². The zero-order chi connectivity index (χ0) is 56.7. The fourth-order valence-corrected chi connectivity index (χ4v) is 8.60. The number of ether oxygens (including phenoxy) is 4. The molecular formula is C64H103NO13. The predicted molar refractivity (Wildman–Crippen MR) is 313 cm³/mol. The van der Waals surface area contributed by atoms with Crippen molar-refractivity contribution in [1.29, 1.82) is 0 Å². The molecule has 14 heteroatoms. The number of rotatable bonds is 44. The normalized spacial score (nSPS) is 25.6. The van der Waals surface area contributed by atoms with Gasteiger partial charge in [0.1, 0.15) is 48.8 Å². The predicted octanol–water partition coefficient (Wildman–Crippen LogP) is 9.99. The summed E-state index contributed by atoms with van der Waals surface area (Å²) in [5.74, 6) is -0.314. The molecule has 14 nitrogen and oxygen atoms in total. The Morgan fingerprint density at radius 3 is 1.41 bits per heavy atom. The zero-order valence-corrected chi connectivity index (χ0v) is 47.3. The highest BCUT2D eigenvalue weighted by molar-refractivity contribution is 5.76. The first-order chi connectivity index (χ1) is 38.1. The highest BCUT2D eigenvalue weighted by atomic mass is 16.7. The van der Waals surface area contributed by atoms with Crippen molar-refractivity contribution in [2.24, 2.45) is 0 Å². The van der Waals surface area contributed by atoms with E-state index in [4.69, 9.17) is 18.9 Å². The Balaban J connectivity index is 1.80. The first kappa shape index (κ1) is 70.2. The van der Waals surface area contributed by atoms with Gasteiger partial charge in [0.05, 0.1) is 32.0 Å². The topological polar surface area (TPSA) is 228 Å². The highest BCUT2D eigenvalue weighted by Gasteiger charge is 2.51. The maximum absolute atomic E-state index is 13.2. The summed E-state index contributed by atoms with van der Waals surface area (Å²) in [6.45, 7) is 2.59. The fraction of sp³-hybridized carbons (Fsp3) is 0.641. The second-order valence-electron chi connectivity index (χ2n) is 20.0. The van der Waals surface area contributed by atoms with Gasteiger partial charge in [-0.15, -0.1) is 0 Å². The molecule has 0 radical (unpaired) electrons. The van der Waals surface area contributed by atoms with Gasteiger partial charge in [-0.05, 0) is 96.3 Å². The van der Waals surface area contributed by atoms with Crippen LogP contribution in [0, 0.1) is 0 Å². The van der Waals surface area contributed by atoms with Crippen molar-refractivity contribution in [3.05, 3.63) is 134 Å². The van der Waals surface area contributed by atoms with Crippen LogP contribution in [-0.2, 0) is 23.7 Å². The molecule has 2 heterocycles. The molecule has 0 saturated carbocycles. The second-order valence-corrected chi connectivity index (χ2v) is 20.0. The van der Waals surface area contributed by atoms with Gasteiger partial charge in [-0.2, -0.15) is 0 Å². The molecule has 2 rings (SSSR count). The quantitative estimate of drug-likeness (QED) is 0.0205. The van der Waals surface area contributed by atoms with Crippen LogP contribution in [0.15, 0.2) is 134 Å². The van der Waals surface area contributed by atoms with Crippen molar-refractivity contribution >= 4 is 5.91 Å². The molecule has 12 unspecified atom stereocenters. The lowest BCUT2D eigenvalue weighted by Crippen LogP contribution is -2.65. The first-order valence-electron chi connectivity index (χ1n) is 29.4. The molecule has 0 aromatic heterocycles. The van der Waals surface area contributed by atoms with Crippen LogP contribution in [0.25, 0.3) is 0 Å².